The lowest BCUT2D eigenvalue weighted by Gasteiger charge is -2.28. The lowest BCUT2D eigenvalue weighted by molar-refractivity contribution is 0.438. The van der Waals surface area contributed by atoms with E-state index >= 15 is 0 Å². The molecule has 0 fully saturated rings. The molecule has 8 nitrogen and oxygen atoms in total. The van der Waals surface area contributed by atoms with Crippen LogP contribution in [0.1, 0.15) is 12.0 Å². The summed E-state index contributed by atoms with van der Waals surface area (Å²) >= 11 is 0. The molecule has 0 radical (unpaired) electrons. The highest BCUT2D eigenvalue weighted by Crippen LogP contribution is 2.42. The van der Waals surface area contributed by atoms with E-state index in [0.29, 0.717) is 22.7 Å². The molecule has 0 saturated heterocycles. The van der Waals surface area contributed by atoms with Crippen LogP contribution in [-0.4, -0.2) is 30.0 Å². The summed E-state index contributed by atoms with van der Waals surface area (Å²) in [6.07, 6.45) is 2.66. The minimum Gasteiger partial charge on any atom is -0.455 e. The lowest BCUT2D eigenvalue weighted by atomic mass is 9.96. The molecule has 0 bridgehead atoms. The fraction of sp³-hybridized carbons (Fsp3) is 0.111. The van der Waals surface area contributed by atoms with Gasteiger partial charge in [0, 0.05) is 12.0 Å². The molecule has 0 aromatic heterocycles. The summed E-state index contributed by atoms with van der Waals surface area (Å²) in [5.74, 6) is 0.652. The minimum atomic E-state index is -5.19. The Balaban J connectivity index is 2.08. The number of hydrogen-bond acceptors (Lipinski definition) is 6. The predicted molar refractivity (Wildman–Crippen MR) is 105 cm³/mol. The van der Waals surface area contributed by atoms with Gasteiger partial charge in [-0.2, -0.15) is 16.8 Å². The van der Waals surface area contributed by atoms with Crippen molar-refractivity contribution in [3.8, 4) is 11.5 Å². The fourth-order valence-corrected chi connectivity index (χ4v) is 5.12. The van der Waals surface area contributed by atoms with E-state index in [1.807, 2.05) is 0 Å². The molecule has 0 unspecified atom stereocenters. The van der Waals surface area contributed by atoms with Gasteiger partial charge in [0.15, 0.2) is 0 Å². The number of benzene rings is 2. The molecule has 1 aliphatic rings. The van der Waals surface area contributed by atoms with Crippen molar-refractivity contribution in [3.05, 3.63) is 72.3 Å². The second-order valence-corrected chi connectivity index (χ2v) is 9.74. The first-order valence-corrected chi connectivity index (χ1v) is 10.9. The Labute approximate surface area is 162 Å². The summed E-state index contributed by atoms with van der Waals surface area (Å²) in [5.41, 5.74) is 6.86. The molecule has 0 saturated carbocycles. The molecule has 0 atom stereocenters. The number of rotatable bonds is 5. The summed E-state index contributed by atoms with van der Waals surface area (Å²) < 4.78 is 69.4. The van der Waals surface area contributed by atoms with E-state index in [9.17, 15) is 25.9 Å². The highest BCUT2D eigenvalue weighted by molar-refractivity contribution is 8.05. The van der Waals surface area contributed by atoms with Gasteiger partial charge in [-0.3, -0.25) is 9.11 Å². The maximum absolute atomic E-state index is 11.8. The molecule has 28 heavy (non-hydrogen) atoms. The van der Waals surface area contributed by atoms with Crippen molar-refractivity contribution < 1.29 is 30.7 Å². The largest absolute Gasteiger partial charge is 0.455 e. The van der Waals surface area contributed by atoms with Gasteiger partial charge in [-0.25, -0.2) is 0 Å². The van der Waals surface area contributed by atoms with Gasteiger partial charge in [0.25, 0.3) is 20.2 Å². The van der Waals surface area contributed by atoms with E-state index in [0.717, 1.165) is 12.2 Å². The van der Waals surface area contributed by atoms with E-state index in [4.69, 9.17) is 10.5 Å². The van der Waals surface area contributed by atoms with Crippen molar-refractivity contribution in [1.29, 1.82) is 0 Å². The second-order valence-electron chi connectivity index (χ2n) is 6.13. The number of nitrogen functional groups attached to an aromatic ring is 1. The van der Waals surface area contributed by atoms with Crippen LogP contribution in [0.3, 0.4) is 0 Å². The standard InChI is InChI=1S/C18H17NO7S2/c19-15-8-2-4-10-17(15)26-16-9-3-1-7-14(16)13-6-5-11-18(12-13,27(20,21)22)28(23,24)25/h1-11H,12,19H2,(H,20,21,22)(H,23,24,25). The van der Waals surface area contributed by atoms with Crippen LogP contribution in [-0.2, 0) is 20.2 Å². The van der Waals surface area contributed by atoms with Crippen LogP contribution in [0.2, 0.25) is 0 Å². The number of hydrogen-bond donors (Lipinski definition) is 3. The summed E-state index contributed by atoms with van der Waals surface area (Å²) in [6.45, 7) is 0. The first-order valence-electron chi connectivity index (χ1n) is 7.99. The zero-order chi connectivity index (χ0) is 20.6. The van der Waals surface area contributed by atoms with Crippen LogP contribution in [0.15, 0.2) is 66.8 Å². The Morgan fingerprint density at radius 3 is 2.07 bits per heavy atom. The van der Waals surface area contributed by atoms with Gasteiger partial charge in [-0.05, 0) is 29.8 Å². The molecular formula is C18H17NO7S2. The monoisotopic (exact) mass is 423 g/mol. The lowest BCUT2D eigenvalue weighted by Crippen LogP contribution is -2.45. The molecule has 2 aromatic carbocycles. The summed E-state index contributed by atoms with van der Waals surface area (Å²) in [5, 5.41) is 0. The highest BCUT2D eigenvalue weighted by Gasteiger charge is 2.54. The third-order valence-electron chi connectivity index (χ3n) is 4.33. The summed E-state index contributed by atoms with van der Waals surface area (Å²) in [4.78, 5) is 0. The normalized spacial score (nSPS) is 16.4. The van der Waals surface area contributed by atoms with Gasteiger partial charge in [0.1, 0.15) is 11.5 Å². The van der Waals surface area contributed by atoms with E-state index in [1.165, 1.54) is 6.08 Å². The first kappa shape index (κ1) is 20.1. The van der Waals surface area contributed by atoms with Crippen molar-refractivity contribution in [2.75, 3.05) is 5.73 Å². The molecule has 0 heterocycles. The van der Waals surface area contributed by atoms with E-state index in [2.05, 4.69) is 0 Å². The third-order valence-corrected chi connectivity index (χ3v) is 7.90. The SMILES string of the molecule is Nc1ccccc1Oc1ccccc1C1=CC=CC(S(=O)(=O)O)(S(=O)(=O)O)C1. The Morgan fingerprint density at radius 1 is 0.893 bits per heavy atom. The minimum absolute atomic E-state index is 0.225. The third kappa shape index (κ3) is 3.54. The summed E-state index contributed by atoms with van der Waals surface area (Å²) in [7, 11) is -10.4. The van der Waals surface area contributed by atoms with Crippen molar-refractivity contribution in [1.82, 2.24) is 0 Å². The zero-order valence-electron chi connectivity index (χ0n) is 14.4. The Bertz CT molecular complexity index is 1150. The molecule has 0 spiro atoms. The zero-order valence-corrected chi connectivity index (χ0v) is 16.0. The smallest absolute Gasteiger partial charge is 0.291 e. The maximum Gasteiger partial charge on any atom is 0.291 e. The van der Waals surface area contributed by atoms with Gasteiger partial charge in [0.2, 0.25) is 4.08 Å². The van der Waals surface area contributed by atoms with Crippen molar-refractivity contribution in [2.45, 2.75) is 10.5 Å². The molecule has 148 valence electrons. The van der Waals surface area contributed by atoms with Crippen LogP contribution in [0.25, 0.3) is 5.57 Å². The van der Waals surface area contributed by atoms with E-state index in [-0.39, 0.29) is 5.57 Å². The topological polar surface area (TPSA) is 144 Å². The van der Waals surface area contributed by atoms with Crippen LogP contribution >= 0.6 is 0 Å². The van der Waals surface area contributed by atoms with Crippen LogP contribution in [0.4, 0.5) is 5.69 Å². The number of ether oxygens (including phenoxy) is 1. The van der Waals surface area contributed by atoms with Crippen LogP contribution < -0.4 is 10.5 Å². The maximum atomic E-state index is 11.8. The molecule has 0 amide bonds. The fourth-order valence-electron chi connectivity index (χ4n) is 2.88. The first-order chi connectivity index (χ1) is 13.1. The van der Waals surface area contributed by atoms with Gasteiger partial charge < -0.3 is 10.5 Å². The molecule has 1 aliphatic carbocycles. The quantitative estimate of drug-likeness (QED) is 0.492. The molecule has 3 rings (SSSR count). The molecule has 2 aromatic rings. The Morgan fingerprint density at radius 2 is 1.46 bits per heavy atom. The van der Waals surface area contributed by atoms with Gasteiger partial charge in [-0.1, -0.05) is 42.5 Å². The van der Waals surface area contributed by atoms with Crippen molar-refractivity contribution >= 4 is 31.5 Å². The van der Waals surface area contributed by atoms with Crippen molar-refractivity contribution in [3.63, 3.8) is 0 Å². The molecule has 10 heteroatoms. The molecule has 0 aliphatic heterocycles. The van der Waals surface area contributed by atoms with E-state index < -0.39 is 30.7 Å². The van der Waals surface area contributed by atoms with Gasteiger partial charge in [-0.15, -0.1) is 0 Å². The van der Waals surface area contributed by atoms with Crippen LogP contribution in [0, 0.1) is 0 Å². The predicted octanol–water partition coefficient (Wildman–Crippen LogP) is 2.88. The second kappa shape index (κ2) is 7.06. The number of allylic oxidation sites excluding steroid dienone is 3. The average molecular weight is 423 g/mol. The average Bonchev–Trinajstić information content (AvgIpc) is 2.62. The summed E-state index contributed by atoms with van der Waals surface area (Å²) in [6, 6.07) is 13.3. The van der Waals surface area contributed by atoms with Gasteiger partial charge >= 0.3 is 0 Å². The number of nitrogens with two attached hydrogens (primary N) is 1. The Kier molecular flexibility index (Phi) is 5.06. The van der Waals surface area contributed by atoms with Gasteiger partial charge in [0.05, 0.1) is 5.69 Å². The Hall–Kier alpha value is -2.66. The van der Waals surface area contributed by atoms with Crippen molar-refractivity contribution in [2.24, 2.45) is 0 Å². The van der Waals surface area contributed by atoms with E-state index in [1.54, 1.807) is 48.5 Å². The molecular weight excluding hydrogens is 406 g/mol. The van der Waals surface area contributed by atoms with Crippen LogP contribution in [0.5, 0.6) is 11.5 Å². The number of para-hydroxylation sites is 3. The number of anilines is 1. The highest BCUT2D eigenvalue weighted by atomic mass is 32.3. The molecule has 4 N–H and O–H groups in total.